The number of aryl methyl sites for hydroxylation is 2. The standard InChI is InChI=1S/C22H27N3OS/c1-14(2)23-22-25(15(3)4)21(26)20(27-22)13-18-8-7-11-24(18)19-10-9-16(5)17(6)12-19/h7-15H,1-6H3/b20-13+,23-22?. The molecule has 1 aromatic heterocycles. The van der Waals surface area contributed by atoms with Gasteiger partial charge in [-0.05, 0) is 94.8 Å². The zero-order valence-electron chi connectivity index (χ0n) is 16.9. The number of thioether (sulfide) groups is 1. The Morgan fingerprint density at radius 2 is 1.81 bits per heavy atom. The molecule has 27 heavy (non-hydrogen) atoms. The summed E-state index contributed by atoms with van der Waals surface area (Å²) in [5.41, 5.74) is 4.61. The van der Waals surface area contributed by atoms with Crippen LogP contribution in [-0.4, -0.2) is 32.6 Å². The monoisotopic (exact) mass is 381 g/mol. The summed E-state index contributed by atoms with van der Waals surface area (Å²) in [7, 11) is 0. The number of aliphatic imine (C=N–C) groups is 1. The van der Waals surface area contributed by atoms with Crippen LogP contribution < -0.4 is 0 Å². The first kappa shape index (κ1) is 19.5. The summed E-state index contributed by atoms with van der Waals surface area (Å²) in [6.45, 7) is 12.3. The fourth-order valence-corrected chi connectivity index (χ4v) is 4.23. The molecule has 0 bridgehead atoms. The molecule has 5 heteroatoms. The van der Waals surface area contributed by atoms with Gasteiger partial charge in [-0.15, -0.1) is 0 Å². The molecular weight excluding hydrogens is 354 g/mol. The van der Waals surface area contributed by atoms with Gasteiger partial charge >= 0.3 is 0 Å². The van der Waals surface area contributed by atoms with Crippen molar-refractivity contribution in [3.63, 3.8) is 0 Å². The molecule has 142 valence electrons. The van der Waals surface area contributed by atoms with Gasteiger partial charge in [0.25, 0.3) is 5.91 Å². The quantitative estimate of drug-likeness (QED) is 0.684. The van der Waals surface area contributed by atoms with Crippen molar-refractivity contribution in [2.75, 3.05) is 0 Å². The smallest absolute Gasteiger partial charge is 0.267 e. The number of hydrogen-bond donors (Lipinski definition) is 0. The summed E-state index contributed by atoms with van der Waals surface area (Å²) >= 11 is 1.47. The second-order valence-electron chi connectivity index (χ2n) is 7.46. The second kappa shape index (κ2) is 7.77. The van der Waals surface area contributed by atoms with Crippen molar-refractivity contribution in [3.8, 4) is 5.69 Å². The lowest BCUT2D eigenvalue weighted by Gasteiger charge is -2.20. The minimum absolute atomic E-state index is 0.0298. The van der Waals surface area contributed by atoms with E-state index in [1.807, 2.05) is 52.1 Å². The number of rotatable bonds is 4. The van der Waals surface area contributed by atoms with E-state index in [0.717, 1.165) is 16.5 Å². The molecule has 0 saturated carbocycles. The van der Waals surface area contributed by atoms with Crippen molar-refractivity contribution >= 4 is 28.9 Å². The van der Waals surface area contributed by atoms with Crippen LogP contribution in [0.5, 0.6) is 0 Å². The lowest BCUT2D eigenvalue weighted by Crippen LogP contribution is -2.35. The molecule has 2 heterocycles. The average Bonchev–Trinajstić information content (AvgIpc) is 3.15. The largest absolute Gasteiger partial charge is 0.317 e. The van der Waals surface area contributed by atoms with Gasteiger partial charge in [-0.2, -0.15) is 0 Å². The SMILES string of the molecule is Cc1ccc(-n2cccc2/C=C2/SC(=NC(C)C)N(C(C)C)C2=O)cc1C. The first-order chi connectivity index (χ1) is 12.8. The fraction of sp³-hybridized carbons (Fsp3) is 0.364. The molecule has 0 atom stereocenters. The van der Waals surface area contributed by atoms with Crippen LogP contribution in [0.4, 0.5) is 0 Å². The van der Waals surface area contributed by atoms with Crippen LogP contribution in [0, 0.1) is 13.8 Å². The van der Waals surface area contributed by atoms with Crippen molar-refractivity contribution in [1.82, 2.24) is 9.47 Å². The zero-order valence-corrected chi connectivity index (χ0v) is 17.7. The number of nitrogens with zero attached hydrogens (tertiary/aromatic N) is 3. The van der Waals surface area contributed by atoms with Crippen LogP contribution in [0.1, 0.15) is 44.5 Å². The summed E-state index contributed by atoms with van der Waals surface area (Å²) in [5, 5.41) is 0.792. The number of amidine groups is 1. The van der Waals surface area contributed by atoms with Crippen LogP contribution in [0.3, 0.4) is 0 Å². The van der Waals surface area contributed by atoms with Gasteiger partial charge in [0.15, 0.2) is 5.17 Å². The Kier molecular flexibility index (Phi) is 5.61. The molecule has 0 radical (unpaired) electrons. The van der Waals surface area contributed by atoms with E-state index in [1.165, 1.54) is 22.9 Å². The first-order valence-electron chi connectivity index (χ1n) is 9.34. The van der Waals surface area contributed by atoms with Crippen LogP contribution in [-0.2, 0) is 4.79 Å². The number of hydrogen-bond acceptors (Lipinski definition) is 3. The van der Waals surface area contributed by atoms with Crippen molar-refractivity contribution in [2.24, 2.45) is 4.99 Å². The number of amides is 1. The maximum atomic E-state index is 13.0. The number of benzene rings is 1. The molecule has 4 nitrogen and oxygen atoms in total. The molecule has 1 amide bonds. The van der Waals surface area contributed by atoms with Crippen molar-refractivity contribution < 1.29 is 4.79 Å². The third-order valence-electron chi connectivity index (χ3n) is 4.55. The number of carbonyl (C=O) groups excluding carboxylic acids is 1. The molecule has 1 fully saturated rings. The molecule has 0 aliphatic carbocycles. The van der Waals surface area contributed by atoms with E-state index in [2.05, 4.69) is 41.6 Å². The Morgan fingerprint density at radius 1 is 1.07 bits per heavy atom. The van der Waals surface area contributed by atoms with Gasteiger partial charge in [-0.3, -0.25) is 14.7 Å². The molecule has 1 aromatic carbocycles. The van der Waals surface area contributed by atoms with Crippen LogP contribution in [0.25, 0.3) is 11.8 Å². The minimum atomic E-state index is 0.0298. The highest BCUT2D eigenvalue weighted by Gasteiger charge is 2.35. The first-order valence-corrected chi connectivity index (χ1v) is 10.2. The minimum Gasteiger partial charge on any atom is -0.317 e. The molecule has 1 aliphatic rings. The number of carbonyl (C=O) groups is 1. The van der Waals surface area contributed by atoms with Crippen LogP contribution >= 0.6 is 11.8 Å². The van der Waals surface area contributed by atoms with E-state index in [9.17, 15) is 4.79 Å². The summed E-state index contributed by atoms with van der Waals surface area (Å²) in [5.74, 6) is 0.0298. The molecule has 3 rings (SSSR count). The van der Waals surface area contributed by atoms with Gasteiger partial charge in [-0.1, -0.05) is 6.07 Å². The Balaban J connectivity index is 1.99. The molecule has 0 unspecified atom stereocenters. The highest BCUT2D eigenvalue weighted by molar-refractivity contribution is 8.18. The van der Waals surface area contributed by atoms with Gasteiger partial charge in [-0.25, -0.2) is 0 Å². The van der Waals surface area contributed by atoms with Crippen molar-refractivity contribution in [1.29, 1.82) is 0 Å². The summed E-state index contributed by atoms with van der Waals surface area (Å²) < 4.78 is 2.12. The van der Waals surface area contributed by atoms with E-state index < -0.39 is 0 Å². The Labute approximate surface area is 166 Å². The maximum absolute atomic E-state index is 13.0. The van der Waals surface area contributed by atoms with E-state index in [0.29, 0.717) is 4.91 Å². The predicted molar refractivity (Wildman–Crippen MR) is 115 cm³/mol. The van der Waals surface area contributed by atoms with Gasteiger partial charge in [0.2, 0.25) is 0 Å². The lowest BCUT2D eigenvalue weighted by molar-refractivity contribution is -0.123. The predicted octanol–water partition coefficient (Wildman–Crippen LogP) is 5.18. The Morgan fingerprint density at radius 3 is 2.44 bits per heavy atom. The van der Waals surface area contributed by atoms with Crippen LogP contribution in [0.2, 0.25) is 0 Å². The van der Waals surface area contributed by atoms with Gasteiger partial charge in [0.1, 0.15) is 0 Å². The molecule has 1 aliphatic heterocycles. The average molecular weight is 382 g/mol. The topological polar surface area (TPSA) is 37.6 Å². The number of aromatic nitrogens is 1. The van der Waals surface area contributed by atoms with E-state index in [1.54, 1.807) is 4.90 Å². The molecular formula is C22H27N3OS. The van der Waals surface area contributed by atoms with E-state index >= 15 is 0 Å². The lowest BCUT2D eigenvalue weighted by atomic mass is 10.1. The maximum Gasteiger partial charge on any atom is 0.267 e. The summed E-state index contributed by atoms with van der Waals surface area (Å²) in [6, 6.07) is 10.7. The summed E-state index contributed by atoms with van der Waals surface area (Å²) in [6.07, 6.45) is 4.00. The second-order valence-corrected chi connectivity index (χ2v) is 8.47. The van der Waals surface area contributed by atoms with Gasteiger partial charge in [0, 0.05) is 29.7 Å². The molecule has 0 N–H and O–H groups in total. The molecule has 0 spiro atoms. The molecule has 1 saturated heterocycles. The van der Waals surface area contributed by atoms with Crippen molar-refractivity contribution in [3.05, 3.63) is 58.3 Å². The highest BCUT2D eigenvalue weighted by atomic mass is 32.2. The van der Waals surface area contributed by atoms with E-state index in [4.69, 9.17) is 0 Å². The highest BCUT2D eigenvalue weighted by Crippen LogP contribution is 2.34. The fourth-order valence-electron chi connectivity index (χ4n) is 3.01. The summed E-state index contributed by atoms with van der Waals surface area (Å²) in [4.78, 5) is 20.1. The van der Waals surface area contributed by atoms with E-state index in [-0.39, 0.29) is 18.0 Å². The van der Waals surface area contributed by atoms with Gasteiger partial charge < -0.3 is 4.57 Å². The third kappa shape index (κ3) is 4.03. The molecule has 2 aromatic rings. The van der Waals surface area contributed by atoms with Crippen molar-refractivity contribution in [2.45, 2.75) is 53.6 Å². The third-order valence-corrected chi connectivity index (χ3v) is 5.55. The zero-order chi connectivity index (χ0) is 19.7. The van der Waals surface area contributed by atoms with Crippen LogP contribution in [0.15, 0.2) is 46.4 Å². The Bertz CT molecular complexity index is 921. The normalized spacial score (nSPS) is 17.9. The van der Waals surface area contributed by atoms with Gasteiger partial charge in [0.05, 0.1) is 4.91 Å². The Hall–Kier alpha value is -2.27.